The van der Waals surface area contributed by atoms with Crippen LogP contribution in [0.4, 0.5) is 0 Å². The van der Waals surface area contributed by atoms with E-state index in [0.717, 1.165) is 0 Å². The number of carbonyl (C=O) groups excluding carboxylic acids is 1. The Bertz CT molecular complexity index is 907. The predicted octanol–water partition coefficient (Wildman–Crippen LogP) is 4.68. The van der Waals surface area contributed by atoms with Crippen molar-refractivity contribution in [1.82, 2.24) is 14.8 Å². The molecule has 0 aliphatic heterocycles. The molecule has 5 nitrogen and oxygen atoms in total. The molecule has 8 heteroatoms. The molecule has 0 saturated heterocycles. The van der Waals surface area contributed by atoms with E-state index in [1.54, 1.807) is 42.5 Å². The van der Waals surface area contributed by atoms with Crippen molar-refractivity contribution in [2.24, 2.45) is 0 Å². The van der Waals surface area contributed by atoms with Gasteiger partial charge in [-0.2, -0.15) is 0 Å². The van der Waals surface area contributed by atoms with Gasteiger partial charge in [0.15, 0.2) is 5.82 Å². The van der Waals surface area contributed by atoms with Crippen LogP contribution in [0.15, 0.2) is 42.5 Å². The standard InChI is InChI=1S/C16H10Cl3N3O2/c1-24-16(23)14-20-15(12-7-4-10(18)8-13(12)19)22(21-14)11-5-2-9(17)3-6-11/h2-8H,1H3. The summed E-state index contributed by atoms with van der Waals surface area (Å²) in [6.07, 6.45) is 0. The lowest BCUT2D eigenvalue weighted by Gasteiger charge is -2.07. The molecule has 3 rings (SSSR count). The summed E-state index contributed by atoms with van der Waals surface area (Å²) < 4.78 is 6.19. The maximum absolute atomic E-state index is 11.8. The molecule has 122 valence electrons. The van der Waals surface area contributed by atoms with E-state index in [2.05, 4.69) is 10.1 Å². The van der Waals surface area contributed by atoms with Gasteiger partial charge in [0.05, 0.1) is 17.8 Å². The van der Waals surface area contributed by atoms with Crippen LogP contribution in [-0.4, -0.2) is 27.8 Å². The van der Waals surface area contributed by atoms with Crippen molar-refractivity contribution in [3.8, 4) is 17.1 Å². The molecule has 24 heavy (non-hydrogen) atoms. The van der Waals surface area contributed by atoms with E-state index in [0.29, 0.717) is 32.1 Å². The van der Waals surface area contributed by atoms with Crippen LogP contribution in [0.5, 0.6) is 0 Å². The molecule has 0 aliphatic carbocycles. The molecule has 0 unspecified atom stereocenters. The number of nitrogens with zero attached hydrogens (tertiary/aromatic N) is 3. The van der Waals surface area contributed by atoms with Crippen molar-refractivity contribution < 1.29 is 9.53 Å². The number of aromatic nitrogens is 3. The molecule has 1 heterocycles. The number of carbonyl (C=O) groups is 1. The molecular formula is C16H10Cl3N3O2. The zero-order valence-electron chi connectivity index (χ0n) is 12.3. The van der Waals surface area contributed by atoms with Crippen molar-refractivity contribution in [1.29, 1.82) is 0 Å². The van der Waals surface area contributed by atoms with Crippen LogP contribution in [0.25, 0.3) is 17.1 Å². The van der Waals surface area contributed by atoms with Crippen molar-refractivity contribution >= 4 is 40.8 Å². The van der Waals surface area contributed by atoms with E-state index >= 15 is 0 Å². The quantitative estimate of drug-likeness (QED) is 0.617. The first-order valence-electron chi connectivity index (χ1n) is 6.76. The highest BCUT2D eigenvalue weighted by Gasteiger charge is 2.20. The number of ether oxygens (including phenoxy) is 1. The molecule has 0 saturated carbocycles. The third kappa shape index (κ3) is 3.24. The maximum atomic E-state index is 11.8. The second-order valence-electron chi connectivity index (χ2n) is 4.76. The minimum absolute atomic E-state index is 0.0755. The van der Waals surface area contributed by atoms with Crippen LogP contribution < -0.4 is 0 Å². The molecule has 0 spiro atoms. The van der Waals surface area contributed by atoms with Gasteiger partial charge in [-0.25, -0.2) is 14.5 Å². The van der Waals surface area contributed by atoms with Gasteiger partial charge in [-0.3, -0.25) is 0 Å². The average molecular weight is 383 g/mol. The lowest BCUT2D eigenvalue weighted by molar-refractivity contribution is 0.0587. The average Bonchev–Trinajstić information content (AvgIpc) is 3.00. The van der Waals surface area contributed by atoms with Gasteiger partial charge in [-0.05, 0) is 42.5 Å². The van der Waals surface area contributed by atoms with Gasteiger partial charge in [0.2, 0.25) is 0 Å². The summed E-state index contributed by atoms with van der Waals surface area (Å²) in [6, 6.07) is 11.9. The van der Waals surface area contributed by atoms with E-state index in [1.165, 1.54) is 11.8 Å². The number of methoxy groups -OCH3 is 1. The molecule has 0 fully saturated rings. The molecule has 0 amide bonds. The second kappa shape index (κ2) is 6.81. The monoisotopic (exact) mass is 381 g/mol. The third-order valence-corrected chi connectivity index (χ3v) is 4.02. The fourth-order valence-electron chi connectivity index (χ4n) is 2.10. The van der Waals surface area contributed by atoms with Crippen LogP contribution in [0, 0.1) is 0 Å². The minimum Gasteiger partial charge on any atom is -0.463 e. The van der Waals surface area contributed by atoms with Gasteiger partial charge in [0.1, 0.15) is 0 Å². The second-order valence-corrected chi connectivity index (χ2v) is 6.04. The van der Waals surface area contributed by atoms with Gasteiger partial charge in [-0.15, -0.1) is 5.10 Å². The molecule has 2 aromatic carbocycles. The summed E-state index contributed by atoms with van der Waals surface area (Å²) in [6.45, 7) is 0. The fraction of sp³-hybridized carbons (Fsp3) is 0.0625. The summed E-state index contributed by atoms with van der Waals surface area (Å²) in [5, 5.41) is 5.68. The molecule has 0 radical (unpaired) electrons. The van der Waals surface area contributed by atoms with Gasteiger partial charge >= 0.3 is 5.97 Å². The first kappa shape index (κ1) is 16.8. The van der Waals surface area contributed by atoms with Crippen LogP contribution in [0.1, 0.15) is 10.6 Å². The van der Waals surface area contributed by atoms with E-state index in [1.807, 2.05) is 0 Å². The normalized spacial score (nSPS) is 10.7. The van der Waals surface area contributed by atoms with Gasteiger partial charge in [0.25, 0.3) is 5.82 Å². The zero-order valence-corrected chi connectivity index (χ0v) is 14.6. The lowest BCUT2D eigenvalue weighted by Crippen LogP contribution is -2.05. The van der Waals surface area contributed by atoms with Gasteiger partial charge in [-0.1, -0.05) is 34.8 Å². The predicted molar refractivity (Wildman–Crippen MR) is 93.2 cm³/mol. The van der Waals surface area contributed by atoms with Crippen LogP contribution in [0.3, 0.4) is 0 Å². The number of esters is 1. The van der Waals surface area contributed by atoms with Gasteiger partial charge in [0, 0.05) is 15.6 Å². The Morgan fingerprint density at radius 2 is 1.71 bits per heavy atom. The lowest BCUT2D eigenvalue weighted by atomic mass is 10.2. The van der Waals surface area contributed by atoms with Crippen molar-refractivity contribution in [2.45, 2.75) is 0 Å². The molecule has 0 atom stereocenters. The smallest absolute Gasteiger partial charge is 0.377 e. The first-order chi connectivity index (χ1) is 11.5. The van der Waals surface area contributed by atoms with Crippen LogP contribution in [0.2, 0.25) is 15.1 Å². The Labute approximate surface area is 152 Å². The maximum Gasteiger partial charge on any atom is 0.377 e. The highest BCUT2D eigenvalue weighted by molar-refractivity contribution is 6.36. The van der Waals surface area contributed by atoms with Crippen molar-refractivity contribution in [2.75, 3.05) is 7.11 Å². The third-order valence-electron chi connectivity index (χ3n) is 3.22. The first-order valence-corrected chi connectivity index (χ1v) is 7.89. The Balaban J connectivity index is 2.21. The van der Waals surface area contributed by atoms with Gasteiger partial charge < -0.3 is 4.74 Å². The van der Waals surface area contributed by atoms with Crippen molar-refractivity contribution in [3.63, 3.8) is 0 Å². The Hall–Kier alpha value is -2.08. The number of hydrogen-bond acceptors (Lipinski definition) is 4. The summed E-state index contributed by atoms with van der Waals surface area (Å²) in [5.74, 6) is -0.332. The summed E-state index contributed by atoms with van der Waals surface area (Å²) in [4.78, 5) is 16.1. The highest BCUT2D eigenvalue weighted by Crippen LogP contribution is 2.31. The molecule has 1 aromatic heterocycles. The SMILES string of the molecule is COC(=O)c1nc(-c2ccc(Cl)cc2Cl)n(-c2ccc(Cl)cc2)n1. The summed E-state index contributed by atoms with van der Waals surface area (Å²) in [7, 11) is 1.26. The van der Waals surface area contributed by atoms with Crippen LogP contribution >= 0.6 is 34.8 Å². The molecule has 3 aromatic rings. The number of rotatable bonds is 3. The Morgan fingerprint density at radius 3 is 2.33 bits per heavy atom. The largest absolute Gasteiger partial charge is 0.463 e. The topological polar surface area (TPSA) is 57.0 Å². The zero-order chi connectivity index (χ0) is 17.3. The van der Waals surface area contributed by atoms with E-state index in [-0.39, 0.29) is 5.82 Å². The van der Waals surface area contributed by atoms with E-state index in [4.69, 9.17) is 39.5 Å². The number of halogens is 3. The van der Waals surface area contributed by atoms with E-state index in [9.17, 15) is 4.79 Å². The molecular weight excluding hydrogens is 373 g/mol. The molecule has 0 N–H and O–H groups in total. The minimum atomic E-state index is -0.644. The molecule has 0 aliphatic rings. The summed E-state index contributed by atoms with van der Waals surface area (Å²) in [5.41, 5.74) is 1.25. The summed E-state index contributed by atoms with van der Waals surface area (Å²) >= 11 is 18.1. The number of benzene rings is 2. The Morgan fingerprint density at radius 1 is 1.04 bits per heavy atom. The molecule has 0 bridgehead atoms. The van der Waals surface area contributed by atoms with Crippen LogP contribution in [-0.2, 0) is 4.74 Å². The van der Waals surface area contributed by atoms with E-state index < -0.39 is 5.97 Å². The number of hydrogen-bond donors (Lipinski definition) is 0. The fourth-order valence-corrected chi connectivity index (χ4v) is 2.72. The van der Waals surface area contributed by atoms with Crippen molar-refractivity contribution in [3.05, 3.63) is 63.4 Å². The highest BCUT2D eigenvalue weighted by atomic mass is 35.5. The Kier molecular flexibility index (Phi) is 4.76.